The van der Waals surface area contributed by atoms with Gasteiger partial charge >= 0.3 is 0 Å². The highest BCUT2D eigenvalue weighted by Gasteiger charge is 2.28. The Morgan fingerprint density at radius 1 is 1.44 bits per heavy atom. The van der Waals surface area contributed by atoms with Gasteiger partial charge in [0.15, 0.2) is 5.03 Å². The predicted octanol–water partition coefficient (Wildman–Crippen LogP) is 0.622. The average Bonchev–Trinajstić information content (AvgIpc) is 2.62. The minimum Gasteiger partial charge on any atom is -0.328 e. The molecule has 0 radical (unpaired) electrons. The molecule has 1 fully saturated rings. The van der Waals surface area contributed by atoms with Gasteiger partial charge in [-0.3, -0.25) is 4.68 Å². The second-order valence-electron chi connectivity index (χ2n) is 4.65. The first-order valence-corrected chi connectivity index (χ1v) is 7.71. The Balaban J connectivity index is 2.13. The normalized spacial score (nSPS) is 25.3. The van der Waals surface area contributed by atoms with Gasteiger partial charge in [0, 0.05) is 19.1 Å². The Morgan fingerprint density at radius 3 is 2.56 bits per heavy atom. The number of nitrogens with one attached hydrogen (secondary N) is 1. The number of rotatable bonds is 3. The maximum Gasteiger partial charge on any atom is 0.259 e. The van der Waals surface area contributed by atoms with Crippen molar-refractivity contribution in [2.24, 2.45) is 12.8 Å². The number of hydrogen-bond acceptors (Lipinski definition) is 4. The molecule has 0 amide bonds. The van der Waals surface area contributed by atoms with Crippen molar-refractivity contribution < 1.29 is 8.42 Å². The molecule has 1 aromatic heterocycles. The third-order valence-corrected chi connectivity index (χ3v) is 5.22. The largest absolute Gasteiger partial charge is 0.328 e. The summed E-state index contributed by atoms with van der Waals surface area (Å²) in [6.45, 7) is 0. The zero-order chi connectivity index (χ0) is 13.3. The molecule has 0 bridgehead atoms. The third-order valence-electron chi connectivity index (χ3n) is 3.19. The number of nitrogens with two attached hydrogens (primary N) is 1. The lowest BCUT2D eigenvalue weighted by atomic mass is 9.93. The van der Waals surface area contributed by atoms with Crippen LogP contribution in [0.2, 0.25) is 5.02 Å². The van der Waals surface area contributed by atoms with Gasteiger partial charge in [-0.1, -0.05) is 11.6 Å². The molecule has 2 rings (SSSR count). The van der Waals surface area contributed by atoms with E-state index in [1.165, 1.54) is 10.9 Å². The highest BCUT2D eigenvalue weighted by molar-refractivity contribution is 7.89. The predicted molar refractivity (Wildman–Crippen MR) is 68.8 cm³/mol. The van der Waals surface area contributed by atoms with E-state index in [9.17, 15) is 8.42 Å². The van der Waals surface area contributed by atoms with Crippen LogP contribution >= 0.6 is 11.6 Å². The second kappa shape index (κ2) is 5.16. The van der Waals surface area contributed by atoms with Gasteiger partial charge in [0.05, 0.1) is 11.2 Å². The van der Waals surface area contributed by atoms with Crippen LogP contribution < -0.4 is 10.5 Å². The SMILES string of the molecule is Cn1ncc(Cl)c1S(=O)(=O)NC1CCC(N)CC1. The number of aromatic nitrogens is 2. The molecule has 0 unspecified atom stereocenters. The van der Waals surface area contributed by atoms with E-state index in [2.05, 4.69) is 9.82 Å². The fraction of sp³-hybridized carbons (Fsp3) is 0.700. The molecule has 102 valence electrons. The molecule has 18 heavy (non-hydrogen) atoms. The molecule has 1 aliphatic rings. The van der Waals surface area contributed by atoms with Crippen LogP contribution in [0.25, 0.3) is 0 Å². The molecule has 6 nitrogen and oxygen atoms in total. The number of aryl methyl sites for hydroxylation is 1. The first-order valence-electron chi connectivity index (χ1n) is 5.85. The van der Waals surface area contributed by atoms with Crippen LogP contribution in [-0.2, 0) is 17.1 Å². The summed E-state index contributed by atoms with van der Waals surface area (Å²) < 4.78 is 28.3. The Labute approximate surface area is 112 Å². The first kappa shape index (κ1) is 13.8. The fourth-order valence-electron chi connectivity index (χ4n) is 2.21. The lowest BCUT2D eigenvalue weighted by molar-refractivity contribution is 0.373. The van der Waals surface area contributed by atoms with Crippen LogP contribution in [0, 0.1) is 0 Å². The monoisotopic (exact) mass is 292 g/mol. The molecule has 0 spiro atoms. The highest BCUT2D eigenvalue weighted by Crippen LogP contribution is 2.23. The van der Waals surface area contributed by atoms with Crippen molar-refractivity contribution in [2.75, 3.05) is 0 Å². The zero-order valence-electron chi connectivity index (χ0n) is 10.1. The van der Waals surface area contributed by atoms with E-state index in [4.69, 9.17) is 17.3 Å². The minimum absolute atomic E-state index is 0.0130. The molecule has 1 aliphatic carbocycles. The van der Waals surface area contributed by atoms with Gasteiger partial charge in [-0.2, -0.15) is 5.10 Å². The maximum absolute atomic E-state index is 12.2. The van der Waals surface area contributed by atoms with Crippen LogP contribution in [0.15, 0.2) is 11.2 Å². The summed E-state index contributed by atoms with van der Waals surface area (Å²) in [7, 11) is -2.06. The molecule has 0 aromatic carbocycles. The van der Waals surface area contributed by atoms with Crippen LogP contribution in [0.1, 0.15) is 25.7 Å². The van der Waals surface area contributed by atoms with E-state index in [0.717, 1.165) is 25.7 Å². The van der Waals surface area contributed by atoms with Crippen molar-refractivity contribution in [3.63, 3.8) is 0 Å². The summed E-state index contributed by atoms with van der Waals surface area (Å²) in [5.74, 6) is 0. The summed E-state index contributed by atoms with van der Waals surface area (Å²) in [5.41, 5.74) is 5.79. The van der Waals surface area contributed by atoms with Crippen LogP contribution in [0.4, 0.5) is 0 Å². The summed E-state index contributed by atoms with van der Waals surface area (Å²) in [4.78, 5) is 0. The summed E-state index contributed by atoms with van der Waals surface area (Å²) in [6.07, 6.45) is 4.53. The number of sulfonamides is 1. The van der Waals surface area contributed by atoms with E-state index in [-0.39, 0.29) is 22.1 Å². The maximum atomic E-state index is 12.2. The Hall–Kier alpha value is -0.630. The summed E-state index contributed by atoms with van der Waals surface area (Å²) in [6, 6.07) is 0.117. The van der Waals surface area contributed by atoms with Crippen molar-refractivity contribution >= 4 is 21.6 Å². The van der Waals surface area contributed by atoms with Gasteiger partial charge < -0.3 is 5.73 Å². The highest BCUT2D eigenvalue weighted by atomic mass is 35.5. The summed E-state index contributed by atoms with van der Waals surface area (Å²) >= 11 is 5.85. The van der Waals surface area contributed by atoms with Crippen molar-refractivity contribution in [2.45, 2.75) is 42.8 Å². The van der Waals surface area contributed by atoms with E-state index in [1.807, 2.05) is 0 Å². The van der Waals surface area contributed by atoms with Gasteiger partial charge in [0.25, 0.3) is 10.0 Å². The van der Waals surface area contributed by atoms with Crippen molar-refractivity contribution in [1.82, 2.24) is 14.5 Å². The number of halogens is 1. The van der Waals surface area contributed by atoms with Gasteiger partial charge in [-0.05, 0) is 25.7 Å². The molecule has 1 aromatic rings. The van der Waals surface area contributed by atoms with Crippen LogP contribution in [-0.4, -0.2) is 30.3 Å². The van der Waals surface area contributed by atoms with Gasteiger partial charge in [-0.25, -0.2) is 13.1 Å². The molecular weight excluding hydrogens is 276 g/mol. The topological polar surface area (TPSA) is 90.0 Å². The Morgan fingerprint density at radius 2 is 2.06 bits per heavy atom. The Bertz CT molecular complexity index is 500. The molecule has 0 saturated heterocycles. The lowest BCUT2D eigenvalue weighted by Gasteiger charge is -2.26. The smallest absolute Gasteiger partial charge is 0.259 e. The summed E-state index contributed by atoms with van der Waals surface area (Å²) in [5, 5.41) is 3.98. The van der Waals surface area contributed by atoms with Gasteiger partial charge in [0.1, 0.15) is 0 Å². The van der Waals surface area contributed by atoms with Crippen LogP contribution in [0.3, 0.4) is 0 Å². The molecular formula is C10H17ClN4O2S. The zero-order valence-corrected chi connectivity index (χ0v) is 11.7. The number of nitrogens with zero attached hydrogens (tertiary/aromatic N) is 2. The average molecular weight is 293 g/mol. The van der Waals surface area contributed by atoms with Gasteiger partial charge in [-0.15, -0.1) is 0 Å². The van der Waals surface area contributed by atoms with Gasteiger partial charge in [0.2, 0.25) is 0 Å². The standard InChI is InChI=1S/C10H17ClN4O2S/c1-15-10(9(11)6-13-15)18(16,17)14-8-4-2-7(12)3-5-8/h6-8,14H,2-5,12H2,1H3. The molecule has 0 atom stereocenters. The molecule has 0 aliphatic heterocycles. The lowest BCUT2D eigenvalue weighted by Crippen LogP contribution is -2.41. The third kappa shape index (κ3) is 2.85. The van der Waals surface area contributed by atoms with Crippen molar-refractivity contribution in [3.05, 3.63) is 11.2 Å². The van der Waals surface area contributed by atoms with E-state index < -0.39 is 10.0 Å². The van der Waals surface area contributed by atoms with E-state index in [1.54, 1.807) is 7.05 Å². The van der Waals surface area contributed by atoms with E-state index >= 15 is 0 Å². The quantitative estimate of drug-likeness (QED) is 0.854. The first-order chi connectivity index (χ1) is 8.40. The molecule has 3 N–H and O–H groups in total. The second-order valence-corrected chi connectivity index (χ2v) is 6.69. The minimum atomic E-state index is -3.62. The molecule has 1 heterocycles. The number of hydrogen-bond donors (Lipinski definition) is 2. The van der Waals surface area contributed by atoms with E-state index in [0.29, 0.717) is 0 Å². The van der Waals surface area contributed by atoms with Crippen molar-refractivity contribution in [3.8, 4) is 0 Å². The van der Waals surface area contributed by atoms with Crippen molar-refractivity contribution in [1.29, 1.82) is 0 Å². The molecule has 1 saturated carbocycles. The fourth-order valence-corrected chi connectivity index (χ4v) is 4.18. The van der Waals surface area contributed by atoms with Crippen LogP contribution in [0.5, 0.6) is 0 Å². The Kier molecular flexibility index (Phi) is 3.96. The molecule has 8 heteroatoms.